The third-order valence-electron chi connectivity index (χ3n) is 5.02. The number of anilines is 1. The molecule has 31 heavy (non-hydrogen) atoms. The van der Waals surface area contributed by atoms with Crippen LogP contribution in [-0.4, -0.2) is 13.0 Å². The molecule has 0 aliphatic carbocycles. The van der Waals surface area contributed by atoms with E-state index in [4.69, 9.17) is 9.15 Å². The van der Waals surface area contributed by atoms with E-state index in [0.29, 0.717) is 22.8 Å². The van der Waals surface area contributed by atoms with Gasteiger partial charge >= 0.3 is 0 Å². The van der Waals surface area contributed by atoms with Crippen molar-refractivity contribution in [3.63, 3.8) is 0 Å². The summed E-state index contributed by atoms with van der Waals surface area (Å²) < 4.78 is 11.2. The highest BCUT2D eigenvalue weighted by atomic mass is 16.5. The zero-order valence-electron chi connectivity index (χ0n) is 17.8. The Morgan fingerprint density at radius 2 is 1.74 bits per heavy atom. The number of fused-ring (bicyclic) bond motifs is 1. The molecule has 0 saturated carbocycles. The topological polar surface area (TPSA) is 63.8 Å². The molecule has 4 rings (SSSR count). The Morgan fingerprint density at radius 3 is 2.48 bits per heavy atom. The molecule has 0 unspecified atom stereocenters. The van der Waals surface area contributed by atoms with Crippen molar-refractivity contribution in [3.8, 4) is 5.75 Å². The van der Waals surface area contributed by atoms with Crippen molar-refractivity contribution in [2.75, 3.05) is 12.4 Å². The first kappa shape index (κ1) is 20.4. The summed E-state index contributed by atoms with van der Waals surface area (Å²) >= 11 is 0. The zero-order chi connectivity index (χ0) is 21.8. The molecule has 5 heteroatoms. The Kier molecular flexibility index (Phi) is 5.85. The fourth-order valence-electron chi connectivity index (χ4n) is 3.26. The Balaban J connectivity index is 1.79. The first-order valence-electron chi connectivity index (χ1n) is 10.2. The number of ether oxygens (including phenoxy) is 1. The second kappa shape index (κ2) is 8.88. The van der Waals surface area contributed by atoms with Gasteiger partial charge in [0.25, 0.3) is 5.91 Å². The fraction of sp³-hybridized carbons (Fsp3) is 0.154. The Bertz CT molecular complexity index is 1290. The van der Waals surface area contributed by atoms with Crippen molar-refractivity contribution >= 4 is 28.3 Å². The molecular weight excluding hydrogens is 388 g/mol. The van der Waals surface area contributed by atoms with E-state index in [0.717, 1.165) is 16.8 Å². The number of hydrogen-bond donors (Lipinski definition) is 1. The van der Waals surface area contributed by atoms with Gasteiger partial charge in [-0.1, -0.05) is 44.2 Å². The van der Waals surface area contributed by atoms with Gasteiger partial charge in [-0.3, -0.25) is 4.79 Å². The van der Waals surface area contributed by atoms with E-state index < -0.39 is 0 Å². The maximum absolute atomic E-state index is 13.1. The van der Waals surface area contributed by atoms with Crippen LogP contribution in [0.3, 0.4) is 0 Å². The van der Waals surface area contributed by atoms with Crippen LogP contribution in [0.1, 0.15) is 35.7 Å². The predicted octanol–water partition coefficient (Wildman–Crippen LogP) is 6.05. The number of rotatable bonds is 5. The Labute approximate surface area is 181 Å². The lowest BCUT2D eigenvalue weighted by atomic mass is 10.0. The second-order valence-electron chi connectivity index (χ2n) is 7.55. The summed E-state index contributed by atoms with van der Waals surface area (Å²) in [6.07, 6.45) is 0. The monoisotopic (exact) mass is 412 g/mol. The van der Waals surface area contributed by atoms with E-state index in [9.17, 15) is 4.79 Å². The molecule has 5 nitrogen and oxygen atoms in total. The van der Waals surface area contributed by atoms with Gasteiger partial charge in [0.05, 0.1) is 12.8 Å². The van der Waals surface area contributed by atoms with Crippen LogP contribution in [0.4, 0.5) is 11.4 Å². The van der Waals surface area contributed by atoms with Crippen LogP contribution in [0.25, 0.3) is 11.0 Å². The van der Waals surface area contributed by atoms with Crippen LogP contribution in [-0.2, 0) is 0 Å². The number of para-hydroxylation sites is 1. The normalized spacial score (nSPS) is 11.7. The molecule has 0 aliphatic rings. The van der Waals surface area contributed by atoms with E-state index in [-0.39, 0.29) is 11.5 Å². The van der Waals surface area contributed by atoms with E-state index >= 15 is 0 Å². The minimum atomic E-state index is -0.293. The number of methoxy groups -OCH3 is 1. The minimum absolute atomic E-state index is 0.269. The van der Waals surface area contributed by atoms with Gasteiger partial charge in [0.15, 0.2) is 0 Å². The molecule has 0 saturated heterocycles. The van der Waals surface area contributed by atoms with Gasteiger partial charge in [-0.2, -0.15) is 0 Å². The molecule has 1 amide bonds. The van der Waals surface area contributed by atoms with E-state index in [2.05, 4.69) is 30.2 Å². The molecule has 4 aromatic rings. The van der Waals surface area contributed by atoms with Crippen molar-refractivity contribution in [1.82, 2.24) is 0 Å². The van der Waals surface area contributed by atoms with Crippen molar-refractivity contribution < 1.29 is 13.9 Å². The molecule has 1 aromatic heterocycles. The molecular formula is C26H24N2O3. The largest absolute Gasteiger partial charge is 0.497 e. The molecule has 1 heterocycles. The van der Waals surface area contributed by atoms with Crippen molar-refractivity contribution in [1.29, 1.82) is 0 Å². The highest BCUT2D eigenvalue weighted by Crippen LogP contribution is 2.21. The lowest BCUT2D eigenvalue weighted by Gasteiger charge is -2.08. The van der Waals surface area contributed by atoms with Gasteiger partial charge in [0.2, 0.25) is 5.55 Å². The number of amides is 1. The smallest absolute Gasteiger partial charge is 0.261 e. The van der Waals surface area contributed by atoms with Crippen LogP contribution < -0.4 is 15.6 Å². The molecule has 3 aromatic carbocycles. The second-order valence-corrected chi connectivity index (χ2v) is 7.55. The fourth-order valence-corrected chi connectivity index (χ4v) is 3.26. The van der Waals surface area contributed by atoms with Crippen molar-refractivity contribution in [3.05, 3.63) is 95.5 Å². The van der Waals surface area contributed by atoms with E-state index in [1.165, 1.54) is 5.56 Å². The van der Waals surface area contributed by atoms with Gasteiger partial charge in [-0.05, 0) is 60.0 Å². The molecule has 0 bridgehead atoms. The predicted molar refractivity (Wildman–Crippen MR) is 123 cm³/mol. The maximum atomic E-state index is 13.1. The minimum Gasteiger partial charge on any atom is -0.497 e. The van der Waals surface area contributed by atoms with Gasteiger partial charge in [-0.25, -0.2) is 4.99 Å². The highest BCUT2D eigenvalue weighted by Gasteiger charge is 2.13. The quantitative estimate of drug-likeness (QED) is 0.434. The number of carbonyl (C=O) groups is 1. The van der Waals surface area contributed by atoms with Crippen LogP contribution >= 0.6 is 0 Å². The summed E-state index contributed by atoms with van der Waals surface area (Å²) in [5.74, 6) is 0.805. The van der Waals surface area contributed by atoms with Crippen LogP contribution in [0, 0.1) is 0 Å². The first-order chi connectivity index (χ1) is 15.0. The van der Waals surface area contributed by atoms with Gasteiger partial charge < -0.3 is 14.5 Å². The molecule has 0 spiro atoms. The third kappa shape index (κ3) is 4.67. The van der Waals surface area contributed by atoms with E-state index in [1.807, 2.05) is 48.5 Å². The number of nitrogens with one attached hydrogen (secondary N) is 1. The highest BCUT2D eigenvalue weighted by molar-refractivity contribution is 6.05. The molecule has 156 valence electrons. The summed E-state index contributed by atoms with van der Waals surface area (Å²) in [4.78, 5) is 17.8. The summed E-state index contributed by atoms with van der Waals surface area (Å²) in [6, 6.07) is 24.5. The summed E-state index contributed by atoms with van der Waals surface area (Å²) in [5, 5.41) is 3.75. The van der Waals surface area contributed by atoms with Crippen molar-refractivity contribution in [2.45, 2.75) is 19.8 Å². The molecule has 0 atom stereocenters. The average molecular weight is 412 g/mol. The lowest BCUT2D eigenvalue weighted by molar-refractivity contribution is 0.102. The molecule has 0 radical (unpaired) electrons. The number of hydrogen-bond acceptors (Lipinski definition) is 4. The first-order valence-corrected chi connectivity index (χ1v) is 10.2. The standard InChI is InChI=1S/C26H24N2O3/c1-17(2)18-8-6-9-21(15-18)28-26-23(16-19-7-4-5-10-24(19)31-26)25(29)27-20-11-13-22(30-3)14-12-20/h4-17H,1-3H3,(H,27,29). The van der Waals surface area contributed by atoms with Gasteiger partial charge in [-0.15, -0.1) is 0 Å². The number of carbonyl (C=O) groups excluding carboxylic acids is 1. The summed E-state index contributed by atoms with van der Waals surface area (Å²) in [6.45, 7) is 4.26. The molecule has 0 fully saturated rings. The third-order valence-corrected chi connectivity index (χ3v) is 5.02. The number of benzene rings is 3. The lowest BCUT2D eigenvalue weighted by Crippen LogP contribution is -2.21. The van der Waals surface area contributed by atoms with Gasteiger partial charge in [0, 0.05) is 11.1 Å². The number of nitrogens with zero attached hydrogens (tertiary/aromatic N) is 1. The van der Waals surface area contributed by atoms with Crippen LogP contribution in [0.2, 0.25) is 0 Å². The van der Waals surface area contributed by atoms with Gasteiger partial charge in [0.1, 0.15) is 16.9 Å². The zero-order valence-corrected chi connectivity index (χ0v) is 17.8. The SMILES string of the molecule is COc1ccc(NC(=O)c2cc3ccccc3oc2=Nc2cccc(C(C)C)c2)cc1. The maximum Gasteiger partial charge on any atom is 0.261 e. The molecule has 0 aliphatic heterocycles. The van der Waals surface area contributed by atoms with E-state index in [1.54, 1.807) is 31.4 Å². The summed E-state index contributed by atoms with van der Waals surface area (Å²) in [5.41, 5.74) is 3.87. The molecule has 1 N–H and O–H groups in total. The Morgan fingerprint density at radius 1 is 0.968 bits per heavy atom. The van der Waals surface area contributed by atoms with Crippen molar-refractivity contribution in [2.24, 2.45) is 4.99 Å². The van der Waals surface area contributed by atoms with Crippen LogP contribution in [0.15, 0.2) is 88.3 Å². The average Bonchev–Trinajstić information content (AvgIpc) is 2.79. The van der Waals surface area contributed by atoms with Crippen LogP contribution in [0.5, 0.6) is 5.75 Å². The summed E-state index contributed by atoms with van der Waals surface area (Å²) in [7, 11) is 1.60. The Hall–Kier alpha value is -3.86.